The van der Waals surface area contributed by atoms with E-state index in [0.29, 0.717) is 0 Å². The van der Waals surface area contributed by atoms with E-state index in [-0.39, 0.29) is 6.04 Å². The van der Waals surface area contributed by atoms with E-state index in [1.165, 1.54) is 0 Å². The van der Waals surface area contributed by atoms with E-state index in [9.17, 15) is 0 Å². The van der Waals surface area contributed by atoms with E-state index in [0.717, 1.165) is 27.7 Å². The SMILES string of the molecule is CC[C@@H](N)c1ccc(Sc2cc(C)nn2C)cn1. The fourth-order valence-electron chi connectivity index (χ4n) is 1.68. The van der Waals surface area contributed by atoms with E-state index in [2.05, 4.69) is 29.1 Å². The van der Waals surface area contributed by atoms with Crippen molar-refractivity contribution in [2.45, 2.75) is 36.2 Å². The van der Waals surface area contributed by atoms with Crippen molar-refractivity contribution in [3.8, 4) is 0 Å². The summed E-state index contributed by atoms with van der Waals surface area (Å²) in [4.78, 5) is 5.51. The van der Waals surface area contributed by atoms with Crippen molar-refractivity contribution in [2.24, 2.45) is 12.8 Å². The molecule has 0 radical (unpaired) electrons. The molecule has 0 fully saturated rings. The predicted molar refractivity (Wildman–Crippen MR) is 73.5 cm³/mol. The van der Waals surface area contributed by atoms with Crippen LogP contribution in [0.1, 0.15) is 30.8 Å². The van der Waals surface area contributed by atoms with Crippen LogP contribution >= 0.6 is 11.8 Å². The Morgan fingerprint density at radius 3 is 2.72 bits per heavy atom. The van der Waals surface area contributed by atoms with Crippen molar-refractivity contribution in [3.05, 3.63) is 35.8 Å². The molecule has 0 aliphatic carbocycles. The van der Waals surface area contributed by atoms with Crippen molar-refractivity contribution in [1.82, 2.24) is 14.8 Å². The highest BCUT2D eigenvalue weighted by molar-refractivity contribution is 7.99. The average Bonchev–Trinajstić information content (AvgIpc) is 2.68. The molecule has 1 atom stereocenters. The van der Waals surface area contributed by atoms with Crippen molar-refractivity contribution in [1.29, 1.82) is 0 Å². The molecule has 0 aromatic carbocycles. The van der Waals surface area contributed by atoms with Gasteiger partial charge in [-0.15, -0.1) is 0 Å². The summed E-state index contributed by atoms with van der Waals surface area (Å²) in [6.07, 6.45) is 2.78. The summed E-state index contributed by atoms with van der Waals surface area (Å²) in [5, 5.41) is 5.43. The first-order valence-corrected chi connectivity index (χ1v) is 6.82. The largest absolute Gasteiger partial charge is 0.323 e. The van der Waals surface area contributed by atoms with Gasteiger partial charge in [0.15, 0.2) is 0 Å². The van der Waals surface area contributed by atoms with Gasteiger partial charge in [-0.05, 0) is 31.5 Å². The van der Waals surface area contributed by atoms with Crippen LogP contribution in [0.2, 0.25) is 0 Å². The van der Waals surface area contributed by atoms with Crippen LogP contribution in [0.25, 0.3) is 0 Å². The van der Waals surface area contributed by atoms with E-state index in [4.69, 9.17) is 5.73 Å². The van der Waals surface area contributed by atoms with Crippen molar-refractivity contribution in [3.63, 3.8) is 0 Å². The second kappa shape index (κ2) is 5.54. The lowest BCUT2D eigenvalue weighted by molar-refractivity contribution is 0.673. The molecule has 0 saturated carbocycles. The maximum absolute atomic E-state index is 5.94. The Bertz CT molecular complexity index is 518. The first kappa shape index (κ1) is 13.1. The number of nitrogens with two attached hydrogens (primary N) is 1. The Kier molecular flexibility index (Phi) is 4.04. The topological polar surface area (TPSA) is 56.7 Å². The maximum atomic E-state index is 5.94. The summed E-state index contributed by atoms with van der Waals surface area (Å²) in [5.74, 6) is 0. The zero-order valence-electron chi connectivity index (χ0n) is 10.9. The maximum Gasteiger partial charge on any atom is 0.0987 e. The molecule has 0 unspecified atom stereocenters. The molecule has 0 bridgehead atoms. The van der Waals surface area contributed by atoms with Crippen LogP contribution in [0.15, 0.2) is 34.3 Å². The highest BCUT2D eigenvalue weighted by Gasteiger charge is 2.07. The molecule has 0 aliphatic heterocycles. The minimum atomic E-state index is 0.0306. The summed E-state index contributed by atoms with van der Waals surface area (Å²) < 4.78 is 1.88. The third-order valence-corrected chi connectivity index (χ3v) is 3.83. The Labute approximate surface area is 112 Å². The quantitative estimate of drug-likeness (QED) is 0.920. The van der Waals surface area contributed by atoms with E-state index in [1.807, 2.05) is 30.9 Å². The summed E-state index contributed by atoms with van der Waals surface area (Å²) >= 11 is 1.66. The van der Waals surface area contributed by atoms with Gasteiger partial charge in [0.2, 0.25) is 0 Å². The first-order valence-electron chi connectivity index (χ1n) is 6.00. The van der Waals surface area contributed by atoms with Gasteiger partial charge in [0.25, 0.3) is 0 Å². The lowest BCUT2D eigenvalue weighted by atomic mass is 10.1. The molecular formula is C13H18N4S. The van der Waals surface area contributed by atoms with Gasteiger partial charge in [0, 0.05) is 24.2 Å². The highest BCUT2D eigenvalue weighted by Crippen LogP contribution is 2.27. The first-order chi connectivity index (χ1) is 8.60. The standard InChI is InChI=1S/C13H18N4S/c1-4-11(14)12-6-5-10(8-15-12)18-13-7-9(2)16-17(13)3/h5-8,11H,4,14H2,1-3H3/t11-/m1/s1. The second-order valence-corrected chi connectivity index (χ2v) is 5.38. The van der Waals surface area contributed by atoms with E-state index < -0.39 is 0 Å². The van der Waals surface area contributed by atoms with Gasteiger partial charge in [-0.3, -0.25) is 9.67 Å². The van der Waals surface area contributed by atoms with Crippen LogP contribution in [0, 0.1) is 6.92 Å². The number of rotatable bonds is 4. The molecule has 2 heterocycles. The molecule has 0 aliphatic rings. The zero-order valence-corrected chi connectivity index (χ0v) is 11.7. The second-order valence-electron chi connectivity index (χ2n) is 4.28. The van der Waals surface area contributed by atoms with Crippen molar-refractivity contribution >= 4 is 11.8 Å². The van der Waals surface area contributed by atoms with Gasteiger partial charge in [0.05, 0.1) is 16.4 Å². The van der Waals surface area contributed by atoms with Crippen LogP contribution in [-0.2, 0) is 7.05 Å². The average molecular weight is 262 g/mol. The van der Waals surface area contributed by atoms with Gasteiger partial charge in [-0.25, -0.2) is 0 Å². The fourth-order valence-corrected chi connectivity index (χ4v) is 2.57. The van der Waals surface area contributed by atoms with Crippen LogP contribution < -0.4 is 5.73 Å². The molecule has 0 spiro atoms. The Morgan fingerprint density at radius 2 is 2.22 bits per heavy atom. The molecule has 2 aromatic heterocycles. The van der Waals surface area contributed by atoms with Crippen molar-refractivity contribution < 1.29 is 0 Å². The number of pyridine rings is 1. The van der Waals surface area contributed by atoms with Gasteiger partial charge in [0.1, 0.15) is 0 Å². The Morgan fingerprint density at radius 1 is 1.44 bits per heavy atom. The molecule has 18 heavy (non-hydrogen) atoms. The van der Waals surface area contributed by atoms with Crippen LogP contribution in [0.3, 0.4) is 0 Å². The van der Waals surface area contributed by atoms with Crippen LogP contribution in [0.4, 0.5) is 0 Å². The molecule has 5 heteroatoms. The number of aromatic nitrogens is 3. The Hall–Kier alpha value is -1.33. The molecule has 2 aromatic rings. The molecule has 0 amide bonds. The number of hydrogen-bond donors (Lipinski definition) is 1. The van der Waals surface area contributed by atoms with Gasteiger partial charge >= 0.3 is 0 Å². The molecular weight excluding hydrogens is 244 g/mol. The molecule has 4 nitrogen and oxygen atoms in total. The normalized spacial score (nSPS) is 12.7. The van der Waals surface area contributed by atoms with Crippen LogP contribution in [-0.4, -0.2) is 14.8 Å². The minimum absolute atomic E-state index is 0.0306. The summed E-state index contributed by atoms with van der Waals surface area (Å²) in [7, 11) is 1.95. The predicted octanol–water partition coefficient (Wildman–Crippen LogP) is 2.68. The highest BCUT2D eigenvalue weighted by atomic mass is 32.2. The summed E-state index contributed by atoms with van der Waals surface area (Å²) in [6.45, 7) is 4.05. The Balaban J connectivity index is 2.13. The smallest absolute Gasteiger partial charge is 0.0987 e. The van der Waals surface area contributed by atoms with Gasteiger partial charge in [-0.2, -0.15) is 5.10 Å². The van der Waals surface area contributed by atoms with Gasteiger partial charge < -0.3 is 5.73 Å². The summed E-state index contributed by atoms with van der Waals surface area (Å²) in [6, 6.07) is 6.16. The third-order valence-electron chi connectivity index (χ3n) is 2.76. The lowest BCUT2D eigenvalue weighted by Crippen LogP contribution is -2.10. The third kappa shape index (κ3) is 2.91. The number of hydrogen-bond acceptors (Lipinski definition) is 4. The molecule has 96 valence electrons. The fraction of sp³-hybridized carbons (Fsp3) is 0.385. The number of nitrogens with zero attached hydrogens (tertiary/aromatic N) is 3. The van der Waals surface area contributed by atoms with Gasteiger partial charge in [-0.1, -0.05) is 18.7 Å². The zero-order chi connectivity index (χ0) is 13.1. The number of aryl methyl sites for hydroxylation is 2. The molecule has 2 rings (SSSR count). The lowest BCUT2D eigenvalue weighted by Gasteiger charge is -2.08. The van der Waals surface area contributed by atoms with E-state index >= 15 is 0 Å². The summed E-state index contributed by atoms with van der Waals surface area (Å²) in [5.41, 5.74) is 7.91. The van der Waals surface area contributed by atoms with Crippen LogP contribution in [0.5, 0.6) is 0 Å². The molecule has 0 saturated heterocycles. The minimum Gasteiger partial charge on any atom is -0.323 e. The monoisotopic (exact) mass is 262 g/mol. The van der Waals surface area contributed by atoms with Crippen molar-refractivity contribution in [2.75, 3.05) is 0 Å². The molecule has 2 N–H and O–H groups in total. The van der Waals surface area contributed by atoms with E-state index in [1.54, 1.807) is 11.8 Å².